The van der Waals surface area contributed by atoms with E-state index in [-0.39, 0.29) is 19.1 Å². The Balaban J connectivity index is 1.47. The van der Waals surface area contributed by atoms with Crippen LogP contribution in [0.2, 0.25) is 0 Å². The van der Waals surface area contributed by atoms with Gasteiger partial charge in [0.15, 0.2) is 11.5 Å². The molecule has 0 aliphatic carbocycles. The topological polar surface area (TPSA) is 84.9 Å². The van der Waals surface area contributed by atoms with Gasteiger partial charge in [0.2, 0.25) is 12.7 Å². The molecule has 0 radical (unpaired) electrons. The van der Waals surface area contributed by atoms with Crippen LogP contribution < -0.4 is 14.8 Å². The van der Waals surface area contributed by atoms with Gasteiger partial charge in [-0.25, -0.2) is 0 Å². The lowest BCUT2D eigenvalue weighted by molar-refractivity contribution is -0.144. The number of ether oxygens (including phenoxy) is 2. The summed E-state index contributed by atoms with van der Waals surface area (Å²) in [5.74, 6) is -0.513. The zero-order chi connectivity index (χ0) is 19.2. The van der Waals surface area contributed by atoms with E-state index in [1.807, 2.05) is 49.4 Å². The molecule has 2 aromatic carbocycles. The Kier molecular flexibility index (Phi) is 5.96. The fraction of sp³-hybridized carbons (Fsp3) is 0.333. The third kappa shape index (κ3) is 5.23. The lowest BCUT2D eigenvalue weighted by atomic mass is 9.95. The minimum absolute atomic E-state index is 0.0374. The Labute approximate surface area is 158 Å². The Morgan fingerprint density at radius 1 is 1.07 bits per heavy atom. The lowest BCUT2D eigenvalue weighted by Gasteiger charge is -2.13. The summed E-state index contributed by atoms with van der Waals surface area (Å²) in [6.45, 7) is 2.65. The number of amides is 1. The molecule has 0 saturated carbocycles. The number of rotatable bonds is 8. The number of fused-ring (bicyclic) bond motifs is 1. The minimum Gasteiger partial charge on any atom is -0.481 e. The predicted molar refractivity (Wildman–Crippen MR) is 99.9 cm³/mol. The lowest BCUT2D eigenvalue weighted by Crippen LogP contribution is -2.30. The molecule has 2 aromatic rings. The summed E-state index contributed by atoms with van der Waals surface area (Å²) in [5, 5.41) is 12.2. The monoisotopic (exact) mass is 369 g/mol. The quantitative estimate of drug-likeness (QED) is 0.747. The van der Waals surface area contributed by atoms with Crippen LogP contribution >= 0.6 is 0 Å². The molecule has 27 heavy (non-hydrogen) atoms. The number of hydrogen-bond acceptors (Lipinski definition) is 4. The second-order valence-electron chi connectivity index (χ2n) is 6.72. The Morgan fingerprint density at radius 2 is 1.78 bits per heavy atom. The third-order valence-corrected chi connectivity index (χ3v) is 4.56. The number of carbonyl (C=O) groups is 2. The van der Waals surface area contributed by atoms with Crippen molar-refractivity contribution in [2.75, 3.05) is 13.3 Å². The van der Waals surface area contributed by atoms with Gasteiger partial charge in [-0.3, -0.25) is 9.59 Å². The summed E-state index contributed by atoms with van der Waals surface area (Å²) in [6, 6.07) is 13.4. The number of nitrogens with one attached hydrogen (secondary N) is 1. The molecule has 0 fully saturated rings. The molecular formula is C21H23NO5. The smallest absolute Gasteiger partial charge is 0.307 e. The number of carbonyl (C=O) groups excluding carboxylic acids is 1. The minimum atomic E-state index is -0.957. The number of carboxylic acids is 1. The highest BCUT2D eigenvalue weighted by Gasteiger charge is 2.21. The first kappa shape index (κ1) is 18.8. The summed E-state index contributed by atoms with van der Waals surface area (Å²) in [6.07, 6.45) is 0.938. The van der Waals surface area contributed by atoms with Crippen molar-refractivity contribution in [2.45, 2.75) is 26.2 Å². The summed E-state index contributed by atoms with van der Waals surface area (Å²) >= 11 is 0. The van der Waals surface area contributed by atoms with Gasteiger partial charge in [0.05, 0.1) is 5.92 Å². The highest BCUT2D eigenvalue weighted by Crippen LogP contribution is 2.32. The van der Waals surface area contributed by atoms with Crippen LogP contribution in [0.5, 0.6) is 11.5 Å². The molecule has 2 N–H and O–H groups in total. The molecule has 0 unspecified atom stereocenters. The first-order valence-electron chi connectivity index (χ1n) is 8.95. The van der Waals surface area contributed by atoms with Gasteiger partial charge in [-0.15, -0.1) is 0 Å². The molecular weight excluding hydrogens is 346 g/mol. The number of hydrogen-bond donors (Lipinski definition) is 2. The van der Waals surface area contributed by atoms with Crippen molar-refractivity contribution < 1.29 is 24.2 Å². The predicted octanol–water partition coefficient (Wildman–Crippen LogP) is 2.72. The second-order valence-corrected chi connectivity index (χ2v) is 6.72. The maximum atomic E-state index is 12.2. The standard InChI is InChI=1S/C21H23NO5/c1-14-2-4-15(5-3-14)10-17(21(24)25)12-20(23)22-9-8-16-6-7-18-19(11-16)27-13-26-18/h2-7,11,17H,8-10,12-13H2,1H3,(H,22,23)(H,24,25)/t17-/m1/s1. The number of aliphatic carboxylic acids is 1. The molecule has 1 amide bonds. The van der Waals surface area contributed by atoms with E-state index in [0.29, 0.717) is 25.1 Å². The van der Waals surface area contributed by atoms with Crippen LogP contribution in [0.4, 0.5) is 0 Å². The fourth-order valence-electron chi connectivity index (χ4n) is 2.99. The van der Waals surface area contributed by atoms with E-state index >= 15 is 0 Å². The van der Waals surface area contributed by atoms with Crippen molar-refractivity contribution in [1.82, 2.24) is 5.32 Å². The van der Waals surface area contributed by atoms with Crippen molar-refractivity contribution in [3.05, 3.63) is 59.2 Å². The molecule has 1 aliphatic rings. The molecule has 0 saturated heterocycles. The van der Waals surface area contributed by atoms with Crippen LogP contribution in [0.15, 0.2) is 42.5 Å². The van der Waals surface area contributed by atoms with E-state index in [9.17, 15) is 14.7 Å². The van der Waals surface area contributed by atoms with Gasteiger partial charge in [0, 0.05) is 13.0 Å². The summed E-state index contributed by atoms with van der Waals surface area (Å²) in [7, 11) is 0. The fourth-order valence-corrected chi connectivity index (χ4v) is 2.99. The molecule has 142 valence electrons. The van der Waals surface area contributed by atoms with Crippen molar-refractivity contribution >= 4 is 11.9 Å². The van der Waals surface area contributed by atoms with Crippen LogP contribution in [0.3, 0.4) is 0 Å². The van der Waals surface area contributed by atoms with Gasteiger partial charge in [0.1, 0.15) is 0 Å². The number of benzene rings is 2. The number of carboxylic acid groups (broad SMARTS) is 1. The van der Waals surface area contributed by atoms with E-state index in [4.69, 9.17) is 9.47 Å². The Bertz CT molecular complexity index is 816. The largest absolute Gasteiger partial charge is 0.481 e. The maximum Gasteiger partial charge on any atom is 0.307 e. The summed E-state index contributed by atoms with van der Waals surface area (Å²) in [4.78, 5) is 23.7. The molecule has 0 bridgehead atoms. The Hall–Kier alpha value is -3.02. The first-order chi connectivity index (χ1) is 13.0. The van der Waals surface area contributed by atoms with Gasteiger partial charge >= 0.3 is 5.97 Å². The average Bonchev–Trinajstić information content (AvgIpc) is 3.10. The number of aryl methyl sites for hydroxylation is 1. The summed E-state index contributed by atoms with van der Waals surface area (Å²) in [5.41, 5.74) is 3.06. The van der Waals surface area contributed by atoms with Gasteiger partial charge < -0.3 is 19.9 Å². The van der Waals surface area contributed by atoms with E-state index in [0.717, 1.165) is 22.4 Å². The molecule has 6 heteroatoms. The van der Waals surface area contributed by atoms with Gasteiger partial charge in [-0.05, 0) is 43.0 Å². The molecule has 1 heterocycles. The van der Waals surface area contributed by atoms with Crippen molar-refractivity contribution in [1.29, 1.82) is 0 Å². The zero-order valence-corrected chi connectivity index (χ0v) is 15.2. The van der Waals surface area contributed by atoms with Gasteiger partial charge in [-0.2, -0.15) is 0 Å². The van der Waals surface area contributed by atoms with Crippen LogP contribution in [0.25, 0.3) is 0 Å². The summed E-state index contributed by atoms with van der Waals surface area (Å²) < 4.78 is 10.6. The van der Waals surface area contributed by atoms with Crippen molar-refractivity contribution in [2.24, 2.45) is 5.92 Å². The van der Waals surface area contributed by atoms with Crippen molar-refractivity contribution in [3.8, 4) is 11.5 Å². The molecule has 6 nitrogen and oxygen atoms in total. The van der Waals surface area contributed by atoms with E-state index in [1.165, 1.54) is 0 Å². The average molecular weight is 369 g/mol. The van der Waals surface area contributed by atoms with Gasteiger partial charge in [-0.1, -0.05) is 35.9 Å². The highest BCUT2D eigenvalue weighted by molar-refractivity contribution is 5.82. The molecule has 1 aliphatic heterocycles. The Morgan fingerprint density at radius 3 is 2.52 bits per heavy atom. The van der Waals surface area contributed by atoms with Gasteiger partial charge in [0.25, 0.3) is 0 Å². The van der Waals surface area contributed by atoms with Crippen molar-refractivity contribution in [3.63, 3.8) is 0 Å². The zero-order valence-electron chi connectivity index (χ0n) is 15.2. The molecule has 1 atom stereocenters. The van der Waals surface area contributed by atoms with Crippen LogP contribution in [-0.4, -0.2) is 30.3 Å². The SMILES string of the molecule is Cc1ccc(C[C@H](CC(=O)NCCc2ccc3c(c2)OCO3)C(=O)O)cc1. The van der Waals surface area contributed by atoms with Crippen LogP contribution in [0.1, 0.15) is 23.1 Å². The van der Waals surface area contributed by atoms with Crippen LogP contribution in [0, 0.1) is 12.8 Å². The first-order valence-corrected chi connectivity index (χ1v) is 8.95. The highest BCUT2D eigenvalue weighted by atomic mass is 16.7. The maximum absolute atomic E-state index is 12.2. The molecule has 3 rings (SSSR count). The van der Waals surface area contributed by atoms with E-state index < -0.39 is 11.9 Å². The van der Waals surface area contributed by atoms with E-state index in [1.54, 1.807) is 0 Å². The van der Waals surface area contributed by atoms with E-state index in [2.05, 4.69) is 5.32 Å². The normalized spacial score (nSPS) is 13.2. The molecule has 0 aromatic heterocycles. The second kappa shape index (κ2) is 8.58. The third-order valence-electron chi connectivity index (χ3n) is 4.56. The van der Waals surface area contributed by atoms with Crippen LogP contribution in [-0.2, 0) is 22.4 Å². The molecule has 0 spiro atoms.